The summed E-state index contributed by atoms with van der Waals surface area (Å²) in [5, 5.41) is 3.56. The minimum absolute atomic E-state index is 0.651. The zero-order valence-electron chi connectivity index (χ0n) is 12.5. The molecule has 108 valence electrons. The molecular weight excluding hydrogens is 250 g/mol. The van der Waals surface area contributed by atoms with E-state index in [0.29, 0.717) is 12.1 Å². The van der Waals surface area contributed by atoms with Gasteiger partial charge < -0.3 is 15.1 Å². The summed E-state index contributed by atoms with van der Waals surface area (Å²) < 4.78 is 0. The molecule has 3 aliphatic heterocycles. The van der Waals surface area contributed by atoms with Crippen molar-refractivity contribution in [1.29, 1.82) is 0 Å². The summed E-state index contributed by atoms with van der Waals surface area (Å²) in [6.07, 6.45) is 4.59. The van der Waals surface area contributed by atoms with Gasteiger partial charge in [-0.3, -0.25) is 0 Å². The molecule has 20 heavy (non-hydrogen) atoms. The molecule has 0 radical (unpaired) electrons. The minimum Gasteiger partial charge on any atom is -0.362 e. The Morgan fingerprint density at radius 2 is 1.85 bits per heavy atom. The van der Waals surface area contributed by atoms with Gasteiger partial charge in [0.05, 0.1) is 0 Å². The summed E-state index contributed by atoms with van der Waals surface area (Å²) >= 11 is 0. The molecular formula is C15H23N5. The molecule has 0 aliphatic carbocycles. The second-order valence-corrected chi connectivity index (χ2v) is 6.68. The maximum atomic E-state index is 4.84. The van der Waals surface area contributed by atoms with Gasteiger partial charge >= 0.3 is 0 Å². The highest BCUT2D eigenvalue weighted by Crippen LogP contribution is 2.48. The lowest BCUT2D eigenvalue weighted by atomic mass is 9.82. The van der Waals surface area contributed by atoms with E-state index in [9.17, 15) is 0 Å². The van der Waals surface area contributed by atoms with E-state index >= 15 is 0 Å². The number of fused-ring (bicyclic) bond motifs is 5. The van der Waals surface area contributed by atoms with Crippen LogP contribution in [0.5, 0.6) is 0 Å². The van der Waals surface area contributed by atoms with Crippen molar-refractivity contribution >= 4 is 11.8 Å². The Morgan fingerprint density at radius 1 is 1.20 bits per heavy atom. The summed E-state index contributed by atoms with van der Waals surface area (Å²) in [6.45, 7) is 4.43. The summed E-state index contributed by atoms with van der Waals surface area (Å²) in [5.41, 5.74) is 1.15. The van der Waals surface area contributed by atoms with Gasteiger partial charge in [-0.1, -0.05) is 0 Å². The highest BCUT2D eigenvalue weighted by molar-refractivity contribution is 5.51. The highest BCUT2D eigenvalue weighted by atomic mass is 15.4. The van der Waals surface area contributed by atoms with Gasteiger partial charge in [-0.15, -0.1) is 0 Å². The van der Waals surface area contributed by atoms with Crippen molar-refractivity contribution < 1.29 is 0 Å². The fourth-order valence-corrected chi connectivity index (χ4v) is 4.57. The molecule has 5 heteroatoms. The predicted molar refractivity (Wildman–Crippen MR) is 80.2 cm³/mol. The quantitative estimate of drug-likeness (QED) is 0.872. The molecule has 1 N–H and O–H groups in total. The second-order valence-electron chi connectivity index (χ2n) is 6.68. The van der Waals surface area contributed by atoms with Gasteiger partial charge in [0.1, 0.15) is 5.82 Å². The van der Waals surface area contributed by atoms with Crippen molar-refractivity contribution in [3.8, 4) is 0 Å². The molecule has 3 saturated heterocycles. The van der Waals surface area contributed by atoms with Crippen molar-refractivity contribution in [2.45, 2.75) is 31.8 Å². The van der Waals surface area contributed by atoms with E-state index in [0.717, 1.165) is 29.2 Å². The van der Waals surface area contributed by atoms with Gasteiger partial charge in [0.25, 0.3) is 0 Å². The van der Waals surface area contributed by atoms with Crippen LogP contribution in [0.2, 0.25) is 0 Å². The van der Waals surface area contributed by atoms with E-state index in [-0.39, 0.29) is 0 Å². The van der Waals surface area contributed by atoms with E-state index in [1.807, 2.05) is 6.20 Å². The molecule has 0 amide bonds. The molecule has 4 rings (SSSR count). The summed E-state index contributed by atoms with van der Waals surface area (Å²) in [6, 6.07) is 1.30. The molecule has 1 aromatic rings. The SMILES string of the molecule is Cc1cnc(N2[C@@H]3CC[C@H]2[C@H]2CNC[C@H]23)nc1N(C)C. The maximum absolute atomic E-state index is 4.84. The minimum atomic E-state index is 0.651. The number of rotatable bonds is 2. The lowest BCUT2D eigenvalue weighted by Gasteiger charge is -2.26. The fourth-order valence-electron chi connectivity index (χ4n) is 4.57. The molecule has 4 heterocycles. The van der Waals surface area contributed by atoms with Crippen LogP contribution in [-0.2, 0) is 0 Å². The molecule has 0 aromatic carbocycles. The number of aromatic nitrogens is 2. The molecule has 0 spiro atoms. The van der Waals surface area contributed by atoms with Crippen LogP contribution in [0.4, 0.5) is 11.8 Å². The van der Waals surface area contributed by atoms with Crippen molar-refractivity contribution in [3.63, 3.8) is 0 Å². The van der Waals surface area contributed by atoms with Crippen LogP contribution < -0.4 is 15.1 Å². The summed E-state index contributed by atoms with van der Waals surface area (Å²) in [7, 11) is 4.10. The van der Waals surface area contributed by atoms with Crippen molar-refractivity contribution in [2.75, 3.05) is 37.0 Å². The molecule has 3 aliphatic rings. The van der Waals surface area contributed by atoms with Crippen LogP contribution in [0.15, 0.2) is 6.20 Å². The average molecular weight is 273 g/mol. The number of nitrogens with one attached hydrogen (secondary N) is 1. The zero-order valence-corrected chi connectivity index (χ0v) is 12.5. The third kappa shape index (κ3) is 1.59. The van der Waals surface area contributed by atoms with Crippen LogP contribution in [0.3, 0.4) is 0 Å². The Morgan fingerprint density at radius 3 is 2.45 bits per heavy atom. The van der Waals surface area contributed by atoms with E-state index < -0.39 is 0 Å². The first-order chi connectivity index (χ1) is 9.66. The second kappa shape index (κ2) is 4.32. The molecule has 0 saturated carbocycles. The van der Waals surface area contributed by atoms with Crippen LogP contribution in [0.25, 0.3) is 0 Å². The van der Waals surface area contributed by atoms with Crippen LogP contribution in [-0.4, -0.2) is 49.2 Å². The lowest BCUT2D eigenvalue weighted by molar-refractivity contribution is 0.354. The van der Waals surface area contributed by atoms with Gasteiger partial charge in [-0.25, -0.2) is 4.98 Å². The smallest absolute Gasteiger partial charge is 0.227 e. The topological polar surface area (TPSA) is 44.3 Å². The molecule has 5 nitrogen and oxygen atoms in total. The molecule has 0 unspecified atom stereocenters. The highest BCUT2D eigenvalue weighted by Gasteiger charge is 2.55. The normalized spacial score (nSPS) is 34.6. The Kier molecular flexibility index (Phi) is 2.67. The Labute approximate surface area is 120 Å². The number of hydrogen-bond donors (Lipinski definition) is 1. The first kappa shape index (κ1) is 12.4. The average Bonchev–Trinajstić information content (AvgIpc) is 3.10. The maximum Gasteiger partial charge on any atom is 0.227 e. The van der Waals surface area contributed by atoms with Crippen molar-refractivity contribution in [3.05, 3.63) is 11.8 Å². The van der Waals surface area contributed by atoms with Crippen molar-refractivity contribution in [1.82, 2.24) is 15.3 Å². The monoisotopic (exact) mass is 273 g/mol. The molecule has 1 aromatic heterocycles. The van der Waals surface area contributed by atoms with Gasteiger partial charge in [0, 0.05) is 51.0 Å². The summed E-state index contributed by atoms with van der Waals surface area (Å²) in [4.78, 5) is 14.1. The largest absolute Gasteiger partial charge is 0.362 e. The number of aryl methyl sites for hydroxylation is 1. The first-order valence-corrected chi connectivity index (χ1v) is 7.67. The van der Waals surface area contributed by atoms with E-state index in [4.69, 9.17) is 4.98 Å². The lowest BCUT2D eigenvalue weighted by Crippen LogP contribution is -2.35. The number of nitrogens with zero attached hydrogens (tertiary/aromatic N) is 4. The Hall–Kier alpha value is -1.36. The standard InChI is InChI=1S/C15H23N5/c1-9-6-17-15(18-14(9)19(2)3)20-12-4-5-13(20)11-8-16-7-10(11)12/h6,10-13,16H,4-5,7-8H2,1-3H3/t10-,11+,12-,13+. The molecule has 4 atom stereocenters. The van der Waals surface area contributed by atoms with Gasteiger partial charge in [0.2, 0.25) is 5.95 Å². The van der Waals surface area contributed by atoms with Crippen LogP contribution in [0.1, 0.15) is 18.4 Å². The van der Waals surface area contributed by atoms with E-state index in [2.05, 4.69) is 41.1 Å². The fraction of sp³-hybridized carbons (Fsp3) is 0.733. The molecule has 3 fully saturated rings. The number of anilines is 2. The predicted octanol–water partition coefficient (Wildman–Crippen LogP) is 1.04. The zero-order chi connectivity index (χ0) is 13.9. The van der Waals surface area contributed by atoms with Crippen LogP contribution >= 0.6 is 0 Å². The number of hydrogen-bond acceptors (Lipinski definition) is 5. The third-order valence-electron chi connectivity index (χ3n) is 5.36. The van der Waals surface area contributed by atoms with Crippen molar-refractivity contribution in [2.24, 2.45) is 11.8 Å². The van der Waals surface area contributed by atoms with Crippen LogP contribution in [0, 0.1) is 18.8 Å². The molecule has 2 bridgehead atoms. The summed E-state index contributed by atoms with van der Waals surface area (Å²) in [5.74, 6) is 3.61. The first-order valence-electron chi connectivity index (χ1n) is 7.67. The van der Waals surface area contributed by atoms with E-state index in [1.165, 1.54) is 25.9 Å². The Balaban J connectivity index is 1.70. The van der Waals surface area contributed by atoms with Gasteiger partial charge in [-0.2, -0.15) is 4.98 Å². The third-order valence-corrected chi connectivity index (χ3v) is 5.36. The Bertz CT molecular complexity index is 511. The van der Waals surface area contributed by atoms with E-state index in [1.54, 1.807) is 0 Å². The van der Waals surface area contributed by atoms with Gasteiger partial charge in [-0.05, 0) is 31.6 Å². The van der Waals surface area contributed by atoms with Gasteiger partial charge in [0.15, 0.2) is 0 Å².